The number of carboxylic acids is 1. The Bertz CT molecular complexity index is 1360. The molecule has 1 amide bonds. The number of carboxylic acid groups (broad SMARTS) is 1. The summed E-state index contributed by atoms with van der Waals surface area (Å²) in [5.41, 5.74) is 2.35. The average Bonchev–Trinajstić information content (AvgIpc) is 2.78. The lowest BCUT2D eigenvalue weighted by Crippen LogP contribution is -2.30. The van der Waals surface area contributed by atoms with Crippen molar-refractivity contribution in [1.29, 1.82) is 0 Å². The molecule has 0 aliphatic heterocycles. The van der Waals surface area contributed by atoms with Crippen LogP contribution in [-0.2, 0) is 0 Å². The molecule has 0 radical (unpaired) electrons. The van der Waals surface area contributed by atoms with E-state index >= 15 is 0 Å². The minimum absolute atomic E-state index is 0.0769. The van der Waals surface area contributed by atoms with Gasteiger partial charge < -0.3 is 15.0 Å². The van der Waals surface area contributed by atoms with Crippen molar-refractivity contribution in [3.05, 3.63) is 99.3 Å². The molecular formula is C24H17ClN2O4. The highest BCUT2D eigenvalue weighted by atomic mass is 35.5. The lowest BCUT2D eigenvalue weighted by atomic mass is 10.0. The number of H-pyrrole nitrogens is 1. The van der Waals surface area contributed by atoms with Crippen LogP contribution in [0.2, 0.25) is 5.02 Å². The largest absolute Gasteiger partial charge is 0.478 e. The topological polar surface area (TPSA) is 90.5 Å². The zero-order valence-corrected chi connectivity index (χ0v) is 17.2. The van der Waals surface area contributed by atoms with Gasteiger partial charge >= 0.3 is 5.97 Å². The number of hydrogen-bond acceptors (Lipinski definition) is 3. The number of benzene rings is 3. The molecule has 0 aliphatic rings. The van der Waals surface area contributed by atoms with Crippen molar-refractivity contribution < 1.29 is 14.7 Å². The first-order valence-corrected chi connectivity index (χ1v) is 9.76. The van der Waals surface area contributed by atoms with Crippen LogP contribution in [-0.4, -0.2) is 29.0 Å². The molecule has 6 nitrogen and oxygen atoms in total. The van der Waals surface area contributed by atoms with E-state index < -0.39 is 11.9 Å². The van der Waals surface area contributed by atoms with Gasteiger partial charge in [0, 0.05) is 29.8 Å². The number of carbonyl (C=O) groups excluding carboxylic acids is 1. The van der Waals surface area contributed by atoms with E-state index in [1.54, 1.807) is 12.1 Å². The lowest BCUT2D eigenvalue weighted by molar-refractivity contribution is 0.0696. The third-order valence-corrected chi connectivity index (χ3v) is 5.39. The maximum atomic E-state index is 13.2. The fourth-order valence-corrected chi connectivity index (χ4v) is 3.65. The second-order valence-electron chi connectivity index (χ2n) is 6.99. The summed E-state index contributed by atoms with van der Waals surface area (Å²) in [4.78, 5) is 41.4. The Morgan fingerprint density at radius 3 is 2.26 bits per heavy atom. The Hall–Kier alpha value is -3.90. The molecule has 0 saturated carbocycles. The summed E-state index contributed by atoms with van der Waals surface area (Å²) in [7, 11) is 1.50. The Labute approximate surface area is 182 Å². The maximum Gasteiger partial charge on any atom is 0.335 e. The molecule has 1 heterocycles. The normalized spacial score (nSPS) is 10.8. The summed E-state index contributed by atoms with van der Waals surface area (Å²) in [6.07, 6.45) is 1.46. The van der Waals surface area contributed by atoms with Gasteiger partial charge in [-0.3, -0.25) is 9.59 Å². The molecular weight excluding hydrogens is 416 g/mol. The number of aromatic nitrogens is 1. The molecule has 3 aromatic carbocycles. The van der Waals surface area contributed by atoms with Crippen LogP contribution in [0, 0.1) is 0 Å². The van der Waals surface area contributed by atoms with Gasteiger partial charge in [0.2, 0.25) is 5.43 Å². The molecule has 0 spiro atoms. The number of hydrogen-bond donors (Lipinski definition) is 2. The Morgan fingerprint density at radius 2 is 1.61 bits per heavy atom. The number of rotatable bonds is 4. The molecule has 154 valence electrons. The molecule has 0 bridgehead atoms. The maximum absolute atomic E-state index is 13.2. The minimum Gasteiger partial charge on any atom is -0.478 e. The van der Waals surface area contributed by atoms with Gasteiger partial charge in [0.05, 0.1) is 16.1 Å². The van der Waals surface area contributed by atoms with Gasteiger partial charge in [-0.2, -0.15) is 0 Å². The van der Waals surface area contributed by atoms with Crippen LogP contribution < -0.4 is 10.3 Å². The predicted octanol–water partition coefficient (Wildman–Crippen LogP) is 4.82. The number of carbonyl (C=O) groups is 2. The second-order valence-corrected chi connectivity index (χ2v) is 7.40. The van der Waals surface area contributed by atoms with E-state index in [4.69, 9.17) is 16.7 Å². The van der Waals surface area contributed by atoms with E-state index in [9.17, 15) is 14.4 Å². The highest BCUT2D eigenvalue weighted by Crippen LogP contribution is 2.31. The Balaban J connectivity index is 1.76. The van der Waals surface area contributed by atoms with Crippen LogP contribution in [0.1, 0.15) is 20.7 Å². The van der Waals surface area contributed by atoms with Gasteiger partial charge in [0.25, 0.3) is 5.91 Å². The lowest BCUT2D eigenvalue weighted by Gasteiger charge is -2.17. The zero-order chi connectivity index (χ0) is 22.1. The van der Waals surface area contributed by atoms with E-state index in [1.165, 1.54) is 42.4 Å². The number of nitrogens with one attached hydrogen (secondary N) is 1. The number of halogens is 1. The van der Waals surface area contributed by atoms with Gasteiger partial charge in [-0.25, -0.2) is 4.79 Å². The standard InChI is InChI=1S/C24H17ClN2O4/c1-27(23(29)15-7-9-16(10-8-15)24(30)31)21-13-26-20-12-19(25)17(11-18(20)22(21)28)14-5-3-2-4-6-14/h2-13H,1H3,(H,26,28)(H,30,31). The van der Waals surface area contributed by atoms with Crippen LogP contribution in [0.15, 0.2) is 77.7 Å². The predicted molar refractivity (Wildman–Crippen MR) is 121 cm³/mol. The van der Waals surface area contributed by atoms with E-state index in [0.717, 1.165) is 11.1 Å². The summed E-state index contributed by atoms with van der Waals surface area (Å²) in [5.74, 6) is -1.51. The van der Waals surface area contributed by atoms with E-state index in [-0.39, 0.29) is 22.2 Å². The molecule has 4 aromatic rings. The Morgan fingerprint density at radius 1 is 0.968 bits per heavy atom. The van der Waals surface area contributed by atoms with E-state index in [1.807, 2.05) is 30.3 Å². The number of nitrogens with zero attached hydrogens (tertiary/aromatic N) is 1. The monoisotopic (exact) mass is 432 g/mol. The first-order chi connectivity index (χ1) is 14.9. The SMILES string of the molecule is CN(C(=O)c1ccc(C(=O)O)cc1)c1c[nH]c2cc(Cl)c(-c3ccccc3)cc2c1=O. The number of aromatic carboxylic acids is 1. The first kappa shape index (κ1) is 20.4. The molecule has 4 rings (SSSR count). The number of fused-ring (bicyclic) bond motifs is 1. The molecule has 7 heteroatoms. The minimum atomic E-state index is -1.08. The summed E-state index contributed by atoms with van der Waals surface area (Å²) in [6.45, 7) is 0. The molecule has 0 fully saturated rings. The van der Waals surface area contributed by atoms with Gasteiger partial charge in [0.1, 0.15) is 5.69 Å². The molecule has 2 N–H and O–H groups in total. The fourth-order valence-electron chi connectivity index (χ4n) is 3.38. The van der Waals surface area contributed by atoms with Crippen LogP contribution in [0.3, 0.4) is 0 Å². The average molecular weight is 433 g/mol. The van der Waals surface area contributed by atoms with Crippen LogP contribution >= 0.6 is 11.6 Å². The van der Waals surface area contributed by atoms with E-state index in [2.05, 4.69) is 4.98 Å². The summed E-state index contributed by atoms with van der Waals surface area (Å²) in [6, 6.07) is 18.4. The summed E-state index contributed by atoms with van der Waals surface area (Å²) >= 11 is 6.43. The second kappa shape index (κ2) is 8.08. The van der Waals surface area contributed by atoms with Crippen molar-refractivity contribution in [3.63, 3.8) is 0 Å². The van der Waals surface area contributed by atoms with Gasteiger partial charge in [-0.1, -0.05) is 41.9 Å². The van der Waals surface area contributed by atoms with E-state index in [0.29, 0.717) is 15.9 Å². The number of pyridine rings is 1. The molecule has 0 unspecified atom stereocenters. The smallest absolute Gasteiger partial charge is 0.335 e. The van der Waals surface area contributed by atoms with Crippen LogP contribution in [0.5, 0.6) is 0 Å². The van der Waals surface area contributed by atoms with Crippen molar-refractivity contribution in [2.75, 3.05) is 11.9 Å². The van der Waals surface area contributed by atoms with Crippen molar-refractivity contribution >= 4 is 40.1 Å². The van der Waals surface area contributed by atoms with Gasteiger partial charge in [-0.05, 0) is 42.0 Å². The number of anilines is 1. The third kappa shape index (κ3) is 3.81. The van der Waals surface area contributed by atoms with Gasteiger partial charge in [-0.15, -0.1) is 0 Å². The van der Waals surface area contributed by atoms with Crippen molar-refractivity contribution in [2.45, 2.75) is 0 Å². The fraction of sp³-hybridized carbons (Fsp3) is 0.0417. The zero-order valence-electron chi connectivity index (χ0n) is 16.4. The van der Waals surface area contributed by atoms with Gasteiger partial charge in [0.15, 0.2) is 0 Å². The summed E-state index contributed by atoms with van der Waals surface area (Å²) in [5, 5.41) is 9.92. The first-order valence-electron chi connectivity index (χ1n) is 9.38. The van der Waals surface area contributed by atoms with Crippen LogP contribution in [0.4, 0.5) is 5.69 Å². The molecule has 0 aliphatic carbocycles. The molecule has 0 atom stereocenters. The van der Waals surface area contributed by atoms with Crippen molar-refractivity contribution in [1.82, 2.24) is 4.98 Å². The third-order valence-electron chi connectivity index (χ3n) is 5.08. The van der Waals surface area contributed by atoms with Crippen molar-refractivity contribution in [2.24, 2.45) is 0 Å². The highest BCUT2D eigenvalue weighted by molar-refractivity contribution is 6.34. The molecule has 0 saturated heterocycles. The van der Waals surface area contributed by atoms with Crippen LogP contribution in [0.25, 0.3) is 22.0 Å². The number of amides is 1. The summed E-state index contributed by atoms with van der Waals surface area (Å²) < 4.78 is 0. The Kier molecular flexibility index (Phi) is 5.31. The van der Waals surface area contributed by atoms with Crippen molar-refractivity contribution in [3.8, 4) is 11.1 Å². The quantitative estimate of drug-likeness (QED) is 0.483. The molecule has 1 aromatic heterocycles. The highest BCUT2D eigenvalue weighted by Gasteiger charge is 2.19. The number of aromatic amines is 1. The molecule has 31 heavy (non-hydrogen) atoms.